The number of rotatable bonds is 7. The smallest absolute Gasteiger partial charge is 0.337 e. The van der Waals surface area contributed by atoms with Gasteiger partial charge in [0, 0.05) is 18.8 Å². The highest BCUT2D eigenvalue weighted by Crippen LogP contribution is 2.23. The minimum absolute atomic E-state index is 0.115. The second kappa shape index (κ2) is 6.53. The third kappa shape index (κ3) is 3.37. The average Bonchev–Trinajstić information content (AvgIpc) is 2.38. The Morgan fingerprint density at radius 2 is 2.15 bits per heavy atom. The molecule has 0 aliphatic heterocycles. The summed E-state index contributed by atoms with van der Waals surface area (Å²) in [5.41, 5.74) is 5.49. The van der Waals surface area contributed by atoms with Crippen molar-refractivity contribution in [3.63, 3.8) is 0 Å². The van der Waals surface area contributed by atoms with Crippen molar-refractivity contribution in [1.82, 2.24) is 4.31 Å². The van der Waals surface area contributed by atoms with E-state index in [1.165, 1.54) is 28.6 Å². The van der Waals surface area contributed by atoms with Crippen LogP contribution in [0.1, 0.15) is 23.7 Å². The molecule has 0 heterocycles. The van der Waals surface area contributed by atoms with E-state index < -0.39 is 16.0 Å². The highest BCUT2D eigenvalue weighted by atomic mass is 32.2. The Kier molecular flexibility index (Phi) is 5.29. The predicted molar refractivity (Wildman–Crippen MR) is 77.1 cm³/mol. The third-order valence-electron chi connectivity index (χ3n) is 2.66. The maximum absolute atomic E-state index is 12.5. The normalized spacial score (nSPS) is 11.5. The number of nitrogens with zero attached hydrogens (tertiary/aromatic N) is 1. The Balaban J connectivity index is 3.42. The lowest BCUT2D eigenvalue weighted by Gasteiger charge is -2.21. The molecule has 0 unspecified atom stereocenters. The van der Waals surface area contributed by atoms with Crippen molar-refractivity contribution in [2.75, 3.05) is 18.8 Å². The van der Waals surface area contributed by atoms with E-state index in [1.807, 2.05) is 6.92 Å². The summed E-state index contributed by atoms with van der Waals surface area (Å²) in [6.07, 6.45) is 2.07. The predicted octanol–water partition coefficient (Wildman–Crippen LogP) is 1.55. The lowest BCUT2D eigenvalue weighted by molar-refractivity contribution is 0.0692. The Morgan fingerprint density at radius 1 is 1.50 bits per heavy atom. The van der Waals surface area contributed by atoms with Crippen LogP contribution in [0.15, 0.2) is 35.7 Å². The molecule has 0 spiro atoms. The minimum Gasteiger partial charge on any atom is -0.478 e. The fraction of sp³-hybridized carbons (Fsp3) is 0.308. The highest BCUT2D eigenvalue weighted by Gasteiger charge is 2.28. The fourth-order valence-electron chi connectivity index (χ4n) is 1.77. The summed E-state index contributed by atoms with van der Waals surface area (Å²) in [5.74, 6) is -1.31. The lowest BCUT2D eigenvalue weighted by Crippen LogP contribution is -2.33. The summed E-state index contributed by atoms with van der Waals surface area (Å²) >= 11 is 0. The molecule has 0 atom stereocenters. The molecular formula is C13H18N2O4S. The van der Waals surface area contributed by atoms with Gasteiger partial charge in [-0.25, -0.2) is 13.2 Å². The lowest BCUT2D eigenvalue weighted by atomic mass is 10.2. The third-order valence-corrected chi connectivity index (χ3v) is 4.56. The van der Waals surface area contributed by atoms with Crippen molar-refractivity contribution in [2.45, 2.75) is 18.2 Å². The van der Waals surface area contributed by atoms with Gasteiger partial charge in [-0.05, 0) is 24.6 Å². The van der Waals surface area contributed by atoms with Crippen molar-refractivity contribution in [1.29, 1.82) is 0 Å². The second-order valence-electron chi connectivity index (χ2n) is 4.21. The molecule has 1 aromatic carbocycles. The van der Waals surface area contributed by atoms with Crippen molar-refractivity contribution < 1.29 is 18.3 Å². The summed E-state index contributed by atoms with van der Waals surface area (Å²) in [7, 11) is -3.92. The number of hydrogen-bond acceptors (Lipinski definition) is 4. The SMILES string of the molecule is C=CCN(CCC)S(=O)(=O)c1cc(N)ccc1C(=O)O. The van der Waals surface area contributed by atoms with Gasteiger partial charge in [0.1, 0.15) is 0 Å². The van der Waals surface area contributed by atoms with Crippen LogP contribution < -0.4 is 5.73 Å². The summed E-state index contributed by atoms with van der Waals surface area (Å²) < 4.78 is 26.3. The maximum atomic E-state index is 12.5. The van der Waals surface area contributed by atoms with Crippen LogP contribution in [0.5, 0.6) is 0 Å². The van der Waals surface area contributed by atoms with Crippen LogP contribution in [0.4, 0.5) is 5.69 Å². The molecule has 1 aromatic rings. The van der Waals surface area contributed by atoms with Crippen LogP contribution in [-0.2, 0) is 10.0 Å². The average molecular weight is 298 g/mol. The van der Waals surface area contributed by atoms with Crippen molar-refractivity contribution in [2.24, 2.45) is 0 Å². The molecule has 0 aliphatic carbocycles. The second-order valence-corrected chi connectivity index (χ2v) is 6.12. The zero-order valence-corrected chi connectivity index (χ0v) is 12.1. The molecule has 0 amide bonds. The van der Waals surface area contributed by atoms with Crippen molar-refractivity contribution in [3.05, 3.63) is 36.4 Å². The summed E-state index contributed by atoms with van der Waals surface area (Å²) in [4.78, 5) is 10.9. The summed E-state index contributed by atoms with van der Waals surface area (Å²) in [6.45, 7) is 5.75. The Morgan fingerprint density at radius 3 is 2.65 bits per heavy atom. The monoisotopic (exact) mass is 298 g/mol. The molecule has 3 N–H and O–H groups in total. The number of benzene rings is 1. The van der Waals surface area contributed by atoms with Crippen LogP contribution in [0.3, 0.4) is 0 Å². The number of anilines is 1. The van der Waals surface area contributed by atoms with Gasteiger partial charge in [-0.1, -0.05) is 13.0 Å². The quantitative estimate of drug-likeness (QED) is 0.587. The molecule has 0 saturated heterocycles. The Bertz CT molecular complexity index is 611. The topological polar surface area (TPSA) is 101 Å². The number of sulfonamides is 1. The first kappa shape index (κ1) is 16.2. The Labute approximate surface area is 118 Å². The van der Waals surface area contributed by atoms with Gasteiger partial charge in [0.15, 0.2) is 0 Å². The van der Waals surface area contributed by atoms with E-state index in [1.54, 1.807) is 0 Å². The Hall–Kier alpha value is -1.86. The van der Waals surface area contributed by atoms with Crippen molar-refractivity contribution >= 4 is 21.7 Å². The largest absolute Gasteiger partial charge is 0.478 e. The van der Waals surface area contributed by atoms with Crippen LogP contribution in [0.2, 0.25) is 0 Å². The van der Waals surface area contributed by atoms with Gasteiger partial charge in [-0.15, -0.1) is 6.58 Å². The van der Waals surface area contributed by atoms with Gasteiger partial charge < -0.3 is 10.8 Å². The summed E-state index contributed by atoms with van der Waals surface area (Å²) in [6, 6.07) is 3.73. The number of carboxylic acids is 1. The molecule has 0 aromatic heterocycles. The molecule has 0 radical (unpaired) electrons. The number of aromatic carboxylic acids is 1. The maximum Gasteiger partial charge on any atom is 0.337 e. The van der Waals surface area contributed by atoms with Crippen LogP contribution in [-0.4, -0.2) is 36.9 Å². The number of carboxylic acid groups (broad SMARTS) is 1. The zero-order valence-electron chi connectivity index (χ0n) is 11.2. The van der Waals surface area contributed by atoms with Gasteiger partial charge >= 0.3 is 5.97 Å². The van der Waals surface area contributed by atoms with Crippen molar-refractivity contribution in [3.8, 4) is 0 Å². The van der Waals surface area contributed by atoms with Gasteiger partial charge in [-0.3, -0.25) is 0 Å². The van der Waals surface area contributed by atoms with E-state index in [-0.39, 0.29) is 29.2 Å². The molecule has 0 saturated carbocycles. The van der Waals surface area contributed by atoms with E-state index in [2.05, 4.69) is 6.58 Å². The first-order chi connectivity index (χ1) is 9.34. The van der Waals surface area contributed by atoms with Gasteiger partial charge in [0.25, 0.3) is 0 Å². The number of nitrogens with two attached hydrogens (primary N) is 1. The van der Waals surface area contributed by atoms with Gasteiger partial charge in [0.2, 0.25) is 10.0 Å². The van der Waals surface area contributed by atoms with E-state index in [4.69, 9.17) is 10.8 Å². The molecule has 0 fully saturated rings. The summed E-state index contributed by atoms with van der Waals surface area (Å²) in [5, 5.41) is 9.12. The molecule has 0 bridgehead atoms. The van der Waals surface area contributed by atoms with E-state index in [0.29, 0.717) is 6.42 Å². The zero-order chi connectivity index (χ0) is 15.3. The van der Waals surface area contributed by atoms with Gasteiger partial charge in [-0.2, -0.15) is 4.31 Å². The first-order valence-corrected chi connectivity index (χ1v) is 7.52. The minimum atomic E-state index is -3.92. The van der Waals surface area contributed by atoms with E-state index in [0.717, 1.165) is 0 Å². The molecule has 0 aliphatic rings. The standard InChI is InChI=1S/C13H18N2O4S/c1-3-7-15(8-4-2)20(18,19)12-9-10(14)5-6-11(12)13(16)17/h3,5-6,9H,1,4,7-8,14H2,2H3,(H,16,17). The van der Waals surface area contributed by atoms with Crippen LogP contribution >= 0.6 is 0 Å². The molecule has 110 valence electrons. The molecule has 7 heteroatoms. The van der Waals surface area contributed by atoms with Crippen LogP contribution in [0.25, 0.3) is 0 Å². The van der Waals surface area contributed by atoms with E-state index >= 15 is 0 Å². The molecular weight excluding hydrogens is 280 g/mol. The molecule has 6 nitrogen and oxygen atoms in total. The number of hydrogen-bond donors (Lipinski definition) is 2. The van der Waals surface area contributed by atoms with Crippen LogP contribution in [0, 0.1) is 0 Å². The molecule has 1 rings (SSSR count). The first-order valence-electron chi connectivity index (χ1n) is 6.08. The fourth-order valence-corrected chi connectivity index (χ4v) is 3.49. The van der Waals surface area contributed by atoms with Gasteiger partial charge in [0.05, 0.1) is 10.5 Å². The van der Waals surface area contributed by atoms with E-state index in [9.17, 15) is 13.2 Å². The molecule has 20 heavy (non-hydrogen) atoms. The number of carbonyl (C=O) groups is 1. The highest BCUT2D eigenvalue weighted by molar-refractivity contribution is 7.89. The number of nitrogen functional groups attached to an aromatic ring is 1.